The van der Waals surface area contributed by atoms with E-state index in [9.17, 15) is 19.1 Å². The van der Waals surface area contributed by atoms with Crippen molar-refractivity contribution in [3.8, 4) is 5.75 Å². The third-order valence-corrected chi connectivity index (χ3v) is 8.23. The summed E-state index contributed by atoms with van der Waals surface area (Å²) in [7, 11) is 0. The lowest BCUT2D eigenvalue weighted by molar-refractivity contribution is -0.137. The molecule has 0 spiro atoms. The van der Waals surface area contributed by atoms with Crippen molar-refractivity contribution in [2.75, 3.05) is 29.9 Å². The number of nitrogens with one attached hydrogen (secondary N) is 1. The number of halogens is 1. The molecule has 0 radical (unpaired) electrons. The highest BCUT2D eigenvalue weighted by Gasteiger charge is 2.22. The molecule has 4 aromatic rings. The molecule has 0 heterocycles. The van der Waals surface area contributed by atoms with Crippen LogP contribution in [0.4, 0.5) is 15.8 Å². The number of anilines is 2. The van der Waals surface area contributed by atoms with Crippen LogP contribution in [0.25, 0.3) is 0 Å². The molecule has 1 saturated carbocycles. The van der Waals surface area contributed by atoms with Crippen LogP contribution in [0.15, 0.2) is 103 Å². The largest absolute Gasteiger partial charge is 0.492 e. The van der Waals surface area contributed by atoms with Gasteiger partial charge in [0, 0.05) is 29.8 Å². The summed E-state index contributed by atoms with van der Waals surface area (Å²) in [4.78, 5) is 27.4. The van der Waals surface area contributed by atoms with E-state index in [0.29, 0.717) is 47.3 Å². The zero-order chi connectivity index (χ0) is 30.7. The van der Waals surface area contributed by atoms with Crippen molar-refractivity contribution in [3.05, 3.63) is 126 Å². The molecule has 1 aliphatic rings. The predicted octanol–water partition coefficient (Wildman–Crippen LogP) is 7.63. The maximum Gasteiger partial charge on any atom is 0.326 e. The molecule has 0 saturated heterocycles. The topological polar surface area (TPSA) is 78.9 Å². The molecule has 2 N–H and O–H groups in total. The maximum absolute atomic E-state index is 14.7. The van der Waals surface area contributed by atoms with Gasteiger partial charge in [0.2, 0.25) is 0 Å². The number of carbonyl (C=O) groups excluding carboxylic acids is 1. The Bertz CT molecular complexity index is 1520. The Balaban J connectivity index is 1.20. The average Bonchev–Trinajstić information content (AvgIpc) is 3.06. The zero-order valence-electron chi connectivity index (χ0n) is 24.8. The van der Waals surface area contributed by atoms with Crippen molar-refractivity contribution in [2.24, 2.45) is 5.92 Å². The van der Waals surface area contributed by atoms with E-state index in [2.05, 4.69) is 10.2 Å². The monoisotopic (exact) mass is 594 g/mol. The van der Waals surface area contributed by atoms with E-state index in [1.54, 1.807) is 54.6 Å². The highest BCUT2D eigenvalue weighted by Crippen LogP contribution is 2.28. The maximum atomic E-state index is 14.7. The molecule has 5 rings (SSSR count). The summed E-state index contributed by atoms with van der Waals surface area (Å²) in [6.07, 6.45) is 6.30. The van der Waals surface area contributed by atoms with E-state index in [1.807, 2.05) is 42.5 Å². The minimum absolute atomic E-state index is 0.174. The summed E-state index contributed by atoms with van der Waals surface area (Å²) >= 11 is 0. The van der Waals surface area contributed by atoms with Crippen molar-refractivity contribution in [2.45, 2.75) is 44.6 Å². The number of aliphatic carboxylic acids is 1. The van der Waals surface area contributed by atoms with Crippen LogP contribution in [0.3, 0.4) is 0 Å². The summed E-state index contributed by atoms with van der Waals surface area (Å²) in [6.45, 7) is 1.77. The molecular weight excluding hydrogens is 555 g/mol. The van der Waals surface area contributed by atoms with Crippen LogP contribution in [0.2, 0.25) is 0 Å². The molecule has 7 heteroatoms. The van der Waals surface area contributed by atoms with Gasteiger partial charge in [-0.05, 0) is 60.7 Å². The first-order chi connectivity index (χ1) is 21.5. The van der Waals surface area contributed by atoms with Gasteiger partial charge in [0.05, 0.1) is 12.2 Å². The number of ketones is 1. The smallest absolute Gasteiger partial charge is 0.326 e. The normalized spacial score (nSPS) is 14.0. The van der Waals surface area contributed by atoms with Crippen LogP contribution in [0, 0.1) is 11.7 Å². The number of carboxylic acids is 1. The standard InChI is InChI=1S/C37H39FN2O4/c38-32-16-8-10-18-35(32)40(26-28-11-3-1-4-12-28)23-24-44-30-21-19-27(20-22-30)25-34(37(42)43)39-33-17-9-7-15-31(33)36(41)29-13-5-2-6-14-29/h2,5-10,13-22,28,34,39H,1,3-4,11-12,23-26H2,(H,42,43). The van der Waals surface area contributed by atoms with Crippen LogP contribution in [-0.2, 0) is 11.2 Å². The molecule has 0 aliphatic heterocycles. The van der Waals surface area contributed by atoms with Crippen molar-refractivity contribution in [1.82, 2.24) is 0 Å². The second kappa shape index (κ2) is 15.2. The van der Waals surface area contributed by atoms with Gasteiger partial charge < -0.3 is 20.1 Å². The number of rotatable bonds is 14. The summed E-state index contributed by atoms with van der Waals surface area (Å²) in [5.41, 5.74) is 2.85. The van der Waals surface area contributed by atoms with E-state index in [4.69, 9.17) is 4.74 Å². The minimum atomic E-state index is -1.02. The highest BCUT2D eigenvalue weighted by atomic mass is 19.1. The van der Waals surface area contributed by atoms with Crippen molar-refractivity contribution >= 4 is 23.1 Å². The van der Waals surface area contributed by atoms with Crippen LogP contribution in [-0.4, -0.2) is 42.6 Å². The zero-order valence-corrected chi connectivity index (χ0v) is 24.8. The number of carboxylic acid groups (broad SMARTS) is 1. The molecule has 228 valence electrons. The molecule has 0 aromatic heterocycles. The third kappa shape index (κ3) is 8.25. The van der Waals surface area contributed by atoms with E-state index in [1.165, 1.54) is 38.2 Å². The molecule has 0 amide bonds. The minimum Gasteiger partial charge on any atom is -0.492 e. The van der Waals surface area contributed by atoms with Crippen LogP contribution in [0.1, 0.15) is 53.6 Å². The lowest BCUT2D eigenvalue weighted by Crippen LogP contribution is -2.34. The number of hydrogen-bond acceptors (Lipinski definition) is 5. The van der Waals surface area contributed by atoms with Gasteiger partial charge in [0.25, 0.3) is 0 Å². The SMILES string of the molecule is O=C(c1ccccc1)c1ccccc1NC(Cc1ccc(OCCN(CC2CCCCC2)c2ccccc2F)cc1)C(=O)O. The fourth-order valence-electron chi connectivity index (χ4n) is 5.87. The Labute approximate surface area is 258 Å². The van der Waals surface area contributed by atoms with Crippen LogP contribution < -0.4 is 15.0 Å². The number of para-hydroxylation sites is 2. The number of benzene rings is 4. The van der Waals surface area contributed by atoms with E-state index in [-0.39, 0.29) is 18.0 Å². The van der Waals surface area contributed by atoms with Gasteiger partial charge >= 0.3 is 5.97 Å². The highest BCUT2D eigenvalue weighted by molar-refractivity contribution is 6.12. The second-order valence-electron chi connectivity index (χ2n) is 11.4. The molecule has 1 atom stereocenters. The van der Waals surface area contributed by atoms with Gasteiger partial charge in [-0.2, -0.15) is 0 Å². The quantitative estimate of drug-likeness (QED) is 0.146. The molecule has 0 bridgehead atoms. The Morgan fingerprint density at radius 1 is 0.864 bits per heavy atom. The Kier molecular flexibility index (Phi) is 10.6. The van der Waals surface area contributed by atoms with Crippen molar-refractivity contribution in [3.63, 3.8) is 0 Å². The van der Waals surface area contributed by atoms with Gasteiger partial charge in [-0.3, -0.25) is 4.79 Å². The lowest BCUT2D eigenvalue weighted by Gasteiger charge is -2.31. The number of ether oxygens (including phenoxy) is 1. The summed E-state index contributed by atoms with van der Waals surface area (Å²) in [6, 6.07) is 29.2. The van der Waals surface area contributed by atoms with Crippen LogP contribution in [0.5, 0.6) is 5.75 Å². The lowest BCUT2D eigenvalue weighted by atomic mass is 9.89. The Morgan fingerprint density at radius 3 is 2.27 bits per heavy atom. The second-order valence-corrected chi connectivity index (χ2v) is 11.4. The summed E-state index contributed by atoms with van der Waals surface area (Å²) < 4.78 is 20.7. The fraction of sp³-hybridized carbons (Fsp3) is 0.297. The molecular formula is C37H39FN2O4. The predicted molar refractivity (Wildman–Crippen MR) is 172 cm³/mol. The van der Waals surface area contributed by atoms with E-state index >= 15 is 0 Å². The Hall–Kier alpha value is -4.65. The number of carbonyl (C=O) groups is 2. The van der Waals surface area contributed by atoms with Gasteiger partial charge in [-0.1, -0.05) is 86.0 Å². The molecule has 1 fully saturated rings. The molecule has 1 aliphatic carbocycles. The Morgan fingerprint density at radius 2 is 1.55 bits per heavy atom. The molecule has 44 heavy (non-hydrogen) atoms. The summed E-state index contributed by atoms with van der Waals surface area (Å²) in [5, 5.41) is 13.1. The van der Waals surface area contributed by atoms with Gasteiger partial charge in [0.1, 0.15) is 24.2 Å². The first kappa shape index (κ1) is 30.8. The van der Waals surface area contributed by atoms with E-state index in [0.717, 1.165) is 12.1 Å². The van der Waals surface area contributed by atoms with Gasteiger partial charge in [0.15, 0.2) is 5.78 Å². The third-order valence-electron chi connectivity index (χ3n) is 8.23. The molecule has 6 nitrogen and oxygen atoms in total. The fourth-order valence-corrected chi connectivity index (χ4v) is 5.87. The average molecular weight is 595 g/mol. The first-order valence-electron chi connectivity index (χ1n) is 15.4. The molecule has 1 unspecified atom stereocenters. The van der Waals surface area contributed by atoms with Gasteiger partial charge in [-0.15, -0.1) is 0 Å². The number of hydrogen-bond donors (Lipinski definition) is 2. The molecule has 4 aromatic carbocycles. The number of nitrogens with zero attached hydrogens (tertiary/aromatic N) is 1. The summed E-state index contributed by atoms with van der Waals surface area (Å²) in [5.74, 6) is -0.188. The van der Waals surface area contributed by atoms with Crippen molar-refractivity contribution in [1.29, 1.82) is 0 Å². The van der Waals surface area contributed by atoms with E-state index < -0.39 is 12.0 Å². The van der Waals surface area contributed by atoms with Gasteiger partial charge in [-0.25, -0.2) is 9.18 Å². The van der Waals surface area contributed by atoms with Crippen LogP contribution >= 0.6 is 0 Å². The van der Waals surface area contributed by atoms with Crippen molar-refractivity contribution < 1.29 is 23.8 Å². The first-order valence-corrected chi connectivity index (χ1v) is 15.4.